The first-order valence-electron chi connectivity index (χ1n) is 3.36. The number of allylic oxidation sites excluding steroid dienone is 1. The first-order chi connectivity index (χ1) is 5.67. The number of hydrogen-bond acceptors (Lipinski definition) is 4. The molecule has 1 N–H and O–H groups in total. The maximum Gasteiger partial charge on any atom is 0.202 e. The van der Waals surface area contributed by atoms with Crippen molar-refractivity contribution in [1.82, 2.24) is 15.4 Å². The molecule has 0 fully saturated rings. The van der Waals surface area contributed by atoms with E-state index in [0.717, 1.165) is 0 Å². The lowest BCUT2D eigenvalue weighted by molar-refractivity contribution is 0.595. The number of sulfone groups is 1. The number of hydrogen-bond donors (Lipinski definition) is 1. The molecule has 0 aliphatic carbocycles. The van der Waals surface area contributed by atoms with Crippen LogP contribution in [-0.4, -0.2) is 29.6 Å². The fourth-order valence-corrected chi connectivity index (χ4v) is 1.66. The smallest absolute Gasteiger partial charge is 0.202 e. The van der Waals surface area contributed by atoms with Crippen LogP contribution in [0.2, 0.25) is 0 Å². The van der Waals surface area contributed by atoms with Gasteiger partial charge in [0.15, 0.2) is 5.03 Å². The van der Waals surface area contributed by atoms with Crippen LogP contribution >= 0.6 is 0 Å². The summed E-state index contributed by atoms with van der Waals surface area (Å²) in [6.45, 7) is 1.76. The van der Waals surface area contributed by atoms with Crippen LogP contribution in [0.5, 0.6) is 0 Å². The van der Waals surface area contributed by atoms with Crippen LogP contribution < -0.4 is 0 Å². The SMILES string of the molecule is C/C=C/CS(=O)(=O)c1cn[nH]n1. The van der Waals surface area contributed by atoms with Gasteiger partial charge in [0, 0.05) is 0 Å². The average Bonchev–Trinajstić information content (AvgIpc) is 2.53. The highest BCUT2D eigenvalue weighted by molar-refractivity contribution is 7.91. The lowest BCUT2D eigenvalue weighted by atomic mass is 10.6. The second kappa shape index (κ2) is 3.48. The van der Waals surface area contributed by atoms with Crippen LogP contribution in [0.25, 0.3) is 0 Å². The topological polar surface area (TPSA) is 75.7 Å². The molecule has 1 rings (SSSR count). The Morgan fingerprint density at radius 3 is 2.92 bits per heavy atom. The average molecular weight is 187 g/mol. The van der Waals surface area contributed by atoms with Gasteiger partial charge in [-0.2, -0.15) is 10.3 Å². The molecule has 0 atom stereocenters. The Labute approximate surface area is 70.4 Å². The van der Waals surface area contributed by atoms with Crippen LogP contribution in [0.4, 0.5) is 0 Å². The summed E-state index contributed by atoms with van der Waals surface area (Å²) in [7, 11) is -3.27. The minimum Gasteiger partial charge on any atom is -0.222 e. The van der Waals surface area contributed by atoms with Crippen molar-refractivity contribution in [2.45, 2.75) is 11.9 Å². The maximum absolute atomic E-state index is 11.3. The third-order valence-electron chi connectivity index (χ3n) is 1.26. The molecule has 0 bridgehead atoms. The Hall–Kier alpha value is -1.17. The molecule has 6 heteroatoms. The van der Waals surface area contributed by atoms with E-state index in [0.29, 0.717) is 0 Å². The van der Waals surface area contributed by atoms with Crippen molar-refractivity contribution >= 4 is 9.84 Å². The molecule has 0 aliphatic rings. The quantitative estimate of drug-likeness (QED) is 0.683. The number of rotatable bonds is 3. The molecule has 0 unspecified atom stereocenters. The number of nitrogens with zero attached hydrogens (tertiary/aromatic N) is 2. The molecule has 12 heavy (non-hydrogen) atoms. The van der Waals surface area contributed by atoms with Gasteiger partial charge in [-0.25, -0.2) is 8.42 Å². The van der Waals surface area contributed by atoms with Crippen LogP contribution in [0.3, 0.4) is 0 Å². The summed E-state index contributed by atoms with van der Waals surface area (Å²) in [6.07, 6.45) is 4.43. The first kappa shape index (κ1) is 8.92. The van der Waals surface area contributed by atoms with Gasteiger partial charge in [0.2, 0.25) is 9.84 Å². The van der Waals surface area contributed by atoms with Crippen molar-refractivity contribution in [1.29, 1.82) is 0 Å². The van der Waals surface area contributed by atoms with Crippen LogP contribution in [0.1, 0.15) is 6.92 Å². The summed E-state index contributed by atoms with van der Waals surface area (Å²) < 4.78 is 22.6. The third kappa shape index (κ3) is 1.91. The fraction of sp³-hybridized carbons (Fsp3) is 0.333. The van der Waals surface area contributed by atoms with Crippen molar-refractivity contribution < 1.29 is 8.42 Å². The molecule has 0 radical (unpaired) electrons. The molecule has 0 amide bonds. The van der Waals surface area contributed by atoms with Crippen molar-refractivity contribution in [2.75, 3.05) is 5.75 Å². The summed E-state index contributed by atoms with van der Waals surface area (Å²) >= 11 is 0. The van der Waals surface area contributed by atoms with E-state index in [1.165, 1.54) is 6.20 Å². The Kier molecular flexibility index (Phi) is 2.59. The van der Waals surface area contributed by atoms with Crippen molar-refractivity contribution in [2.24, 2.45) is 0 Å². The number of aromatic amines is 1. The highest BCUT2D eigenvalue weighted by Gasteiger charge is 2.14. The van der Waals surface area contributed by atoms with Gasteiger partial charge in [0.05, 0.1) is 11.9 Å². The van der Waals surface area contributed by atoms with Gasteiger partial charge >= 0.3 is 0 Å². The standard InChI is InChI=1S/C6H9N3O2S/c1-2-3-4-12(10,11)6-5-7-9-8-6/h2-3,5H,4H2,1H3,(H,7,8,9)/b3-2+. The van der Waals surface area contributed by atoms with Gasteiger partial charge in [-0.3, -0.25) is 0 Å². The molecule has 0 aliphatic heterocycles. The Morgan fingerprint density at radius 1 is 1.67 bits per heavy atom. The minimum absolute atomic E-state index is 0.0133. The summed E-state index contributed by atoms with van der Waals surface area (Å²) in [5, 5.41) is 9.14. The minimum atomic E-state index is -3.27. The molecular weight excluding hydrogens is 178 g/mol. The zero-order valence-corrected chi connectivity index (χ0v) is 7.37. The first-order valence-corrected chi connectivity index (χ1v) is 5.02. The van der Waals surface area contributed by atoms with E-state index in [1.807, 2.05) is 0 Å². The van der Waals surface area contributed by atoms with E-state index in [4.69, 9.17) is 0 Å². The fourth-order valence-electron chi connectivity index (χ4n) is 0.649. The normalized spacial score (nSPS) is 12.4. The lowest BCUT2D eigenvalue weighted by Gasteiger charge is -1.92. The van der Waals surface area contributed by atoms with Crippen molar-refractivity contribution in [3.63, 3.8) is 0 Å². The predicted octanol–water partition coefficient (Wildman–Crippen LogP) is 0.154. The van der Waals surface area contributed by atoms with E-state index in [-0.39, 0.29) is 10.8 Å². The molecule has 0 aromatic carbocycles. The van der Waals surface area contributed by atoms with E-state index >= 15 is 0 Å². The van der Waals surface area contributed by atoms with Gasteiger partial charge in [0.25, 0.3) is 0 Å². The van der Waals surface area contributed by atoms with Gasteiger partial charge < -0.3 is 0 Å². The lowest BCUT2D eigenvalue weighted by Crippen LogP contribution is -2.04. The second-order valence-corrected chi connectivity index (χ2v) is 4.14. The Bertz CT molecular complexity index is 352. The number of H-pyrrole nitrogens is 1. The molecule has 66 valence electrons. The van der Waals surface area contributed by atoms with E-state index in [1.54, 1.807) is 19.1 Å². The predicted molar refractivity (Wildman–Crippen MR) is 43.2 cm³/mol. The van der Waals surface area contributed by atoms with E-state index in [2.05, 4.69) is 15.4 Å². The second-order valence-electron chi connectivity index (χ2n) is 2.16. The molecular formula is C6H9N3O2S. The Morgan fingerprint density at radius 2 is 2.42 bits per heavy atom. The molecule has 1 aromatic heterocycles. The van der Waals surface area contributed by atoms with Crippen molar-refractivity contribution in [3.8, 4) is 0 Å². The van der Waals surface area contributed by atoms with Gasteiger partial charge in [-0.1, -0.05) is 12.2 Å². The number of nitrogens with one attached hydrogen (secondary N) is 1. The summed E-state index contributed by atoms with van der Waals surface area (Å²) in [6, 6.07) is 0. The maximum atomic E-state index is 11.3. The molecule has 0 saturated heterocycles. The summed E-state index contributed by atoms with van der Waals surface area (Å²) in [5.41, 5.74) is 0. The van der Waals surface area contributed by atoms with Gasteiger partial charge in [-0.15, -0.1) is 5.10 Å². The molecule has 1 heterocycles. The molecule has 1 aromatic rings. The monoisotopic (exact) mass is 187 g/mol. The van der Waals surface area contributed by atoms with E-state index in [9.17, 15) is 8.42 Å². The van der Waals surface area contributed by atoms with Crippen LogP contribution in [0.15, 0.2) is 23.4 Å². The molecule has 0 spiro atoms. The summed E-state index contributed by atoms with van der Waals surface area (Å²) in [4.78, 5) is 0. The van der Waals surface area contributed by atoms with Crippen LogP contribution in [-0.2, 0) is 9.84 Å². The van der Waals surface area contributed by atoms with Gasteiger partial charge in [0.1, 0.15) is 0 Å². The van der Waals surface area contributed by atoms with E-state index < -0.39 is 9.84 Å². The molecule has 5 nitrogen and oxygen atoms in total. The highest BCUT2D eigenvalue weighted by Crippen LogP contribution is 2.03. The van der Waals surface area contributed by atoms with Crippen LogP contribution in [0, 0.1) is 0 Å². The summed E-state index contributed by atoms with van der Waals surface area (Å²) in [5.74, 6) is -0.0317. The zero-order chi connectivity index (χ0) is 9.03. The zero-order valence-electron chi connectivity index (χ0n) is 6.56. The van der Waals surface area contributed by atoms with Gasteiger partial charge in [-0.05, 0) is 6.92 Å². The third-order valence-corrected chi connectivity index (χ3v) is 2.73. The molecule has 0 saturated carbocycles. The Balaban J connectivity index is 2.88. The van der Waals surface area contributed by atoms with Crippen molar-refractivity contribution in [3.05, 3.63) is 18.3 Å². The largest absolute Gasteiger partial charge is 0.222 e. The highest BCUT2D eigenvalue weighted by atomic mass is 32.2. The number of aromatic nitrogens is 3.